The summed E-state index contributed by atoms with van der Waals surface area (Å²) in [6.45, 7) is 4.44. The van der Waals surface area contributed by atoms with Gasteiger partial charge >= 0.3 is 0 Å². The lowest BCUT2D eigenvalue weighted by molar-refractivity contribution is -0.126. The molecule has 1 aromatic carbocycles. The Balaban J connectivity index is 1.69. The van der Waals surface area contributed by atoms with Crippen LogP contribution in [0.25, 0.3) is 10.9 Å². The number of carbonyl (C=O) groups is 1. The van der Waals surface area contributed by atoms with Crippen LogP contribution in [0.4, 0.5) is 0 Å². The highest BCUT2D eigenvalue weighted by Crippen LogP contribution is 2.18. The maximum Gasteiger partial charge on any atom is 0.223 e. The molecule has 3 rings (SSSR count). The first-order valence-corrected chi connectivity index (χ1v) is 7.07. The molecule has 0 saturated carbocycles. The van der Waals surface area contributed by atoms with Crippen molar-refractivity contribution in [1.29, 1.82) is 0 Å². The zero-order chi connectivity index (χ0) is 13.9. The van der Waals surface area contributed by atoms with Crippen LogP contribution >= 0.6 is 0 Å². The van der Waals surface area contributed by atoms with Gasteiger partial charge in [0, 0.05) is 24.0 Å². The van der Waals surface area contributed by atoms with Crippen LogP contribution in [0.15, 0.2) is 36.5 Å². The van der Waals surface area contributed by atoms with Gasteiger partial charge in [-0.15, -0.1) is 0 Å². The van der Waals surface area contributed by atoms with E-state index in [1.165, 1.54) is 0 Å². The summed E-state index contributed by atoms with van der Waals surface area (Å²) in [6, 6.07) is 10.0. The molecule has 104 valence electrons. The highest BCUT2D eigenvalue weighted by Gasteiger charge is 2.28. The number of nitrogens with one attached hydrogen (secondary N) is 2. The number of rotatable bonds is 4. The van der Waals surface area contributed by atoms with Crippen molar-refractivity contribution in [2.24, 2.45) is 11.8 Å². The number of hydrogen-bond acceptors (Lipinski definition) is 3. The van der Waals surface area contributed by atoms with Crippen molar-refractivity contribution >= 4 is 16.8 Å². The fourth-order valence-corrected chi connectivity index (χ4v) is 2.53. The van der Waals surface area contributed by atoms with E-state index in [4.69, 9.17) is 0 Å². The predicted octanol–water partition coefficient (Wildman–Crippen LogP) is 1.71. The van der Waals surface area contributed by atoms with Gasteiger partial charge in [0.15, 0.2) is 0 Å². The lowest BCUT2D eigenvalue weighted by Crippen LogP contribution is -2.49. The Morgan fingerprint density at radius 2 is 2.20 bits per heavy atom. The normalized spacial score (nSPS) is 16.6. The number of nitrogens with zero attached hydrogens (tertiary/aromatic N) is 1. The summed E-state index contributed by atoms with van der Waals surface area (Å²) in [5, 5.41) is 7.35. The highest BCUT2D eigenvalue weighted by molar-refractivity contribution is 5.83. The molecule has 2 heterocycles. The Bertz CT molecular complexity index is 617. The van der Waals surface area contributed by atoms with E-state index in [9.17, 15) is 4.79 Å². The van der Waals surface area contributed by atoms with E-state index >= 15 is 0 Å². The molecule has 1 aliphatic rings. The molecule has 2 aromatic rings. The van der Waals surface area contributed by atoms with Crippen LogP contribution in [0, 0.1) is 11.8 Å². The monoisotopic (exact) mass is 269 g/mol. The van der Waals surface area contributed by atoms with Crippen LogP contribution in [-0.4, -0.2) is 24.0 Å². The zero-order valence-electron chi connectivity index (χ0n) is 11.6. The van der Waals surface area contributed by atoms with Gasteiger partial charge < -0.3 is 10.6 Å². The number of fused-ring (bicyclic) bond motifs is 1. The van der Waals surface area contributed by atoms with Gasteiger partial charge in [0.1, 0.15) is 0 Å². The molecule has 0 radical (unpaired) electrons. The van der Waals surface area contributed by atoms with Crippen LogP contribution in [0.2, 0.25) is 0 Å². The first-order chi connectivity index (χ1) is 9.75. The first-order valence-electron chi connectivity index (χ1n) is 7.07. The largest absolute Gasteiger partial charge is 0.352 e. The number of carbonyl (C=O) groups excluding carboxylic acids is 1. The molecule has 4 nitrogen and oxygen atoms in total. The maximum absolute atomic E-state index is 12.1. The molecule has 1 saturated heterocycles. The minimum Gasteiger partial charge on any atom is -0.352 e. The molecule has 1 unspecified atom stereocenters. The van der Waals surface area contributed by atoms with Crippen molar-refractivity contribution in [3.8, 4) is 0 Å². The zero-order valence-corrected chi connectivity index (χ0v) is 11.6. The smallest absolute Gasteiger partial charge is 0.223 e. The molecule has 1 fully saturated rings. The van der Waals surface area contributed by atoms with Gasteiger partial charge in [-0.25, -0.2) is 0 Å². The standard InChI is InChI=1S/C16H19N3O/c1-11(14-8-17-9-14)16(20)19-10-13-5-2-4-12-6-3-7-18-15(12)13/h2-7,11,14,17H,8-10H2,1H3,(H,19,20). The Hall–Kier alpha value is -1.94. The van der Waals surface area contributed by atoms with Crippen LogP contribution in [-0.2, 0) is 11.3 Å². The number of hydrogen-bond donors (Lipinski definition) is 2. The van der Waals surface area contributed by atoms with Gasteiger partial charge in [-0.2, -0.15) is 0 Å². The van der Waals surface area contributed by atoms with Crippen LogP contribution < -0.4 is 10.6 Å². The molecule has 0 bridgehead atoms. The van der Waals surface area contributed by atoms with Gasteiger partial charge in [0.2, 0.25) is 5.91 Å². The predicted molar refractivity (Wildman–Crippen MR) is 79.1 cm³/mol. The lowest BCUT2D eigenvalue weighted by Gasteiger charge is -2.31. The summed E-state index contributed by atoms with van der Waals surface area (Å²) in [5.74, 6) is 0.671. The van der Waals surface area contributed by atoms with E-state index in [-0.39, 0.29) is 11.8 Å². The van der Waals surface area contributed by atoms with Crippen molar-refractivity contribution in [3.63, 3.8) is 0 Å². The maximum atomic E-state index is 12.1. The summed E-state index contributed by atoms with van der Waals surface area (Å²) in [5.41, 5.74) is 2.03. The minimum absolute atomic E-state index is 0.0687. The summed E-state index contributed by atoms with van der Waals surface area (Å²) in [4.78, 5) is 16.5. The van der Waals surface area contributed by atoms with Gasteiger partial charge in [-0.1, -0.05) is 31.2 Å². The molecule has 1 aromatic heterocycles. The van der Waals surface area contributed by atoms with Crippen LogP contribution in [0.3, 0.4) is 0 Å². The number of aromatic nitrogens is 1. The molecule has 0 aliphatic carbocycles. The summed E-state index contributed by atoms with van der Waals surface area (Å²) in [7, 11) is 0. The molecular weight excluding hydrogens is 250 g/mol. The average molecular weight is 269 g/mol. The summed E-state index contributed by atoms with van der Waals surface area (Å²) in [6.07, 6.45) is 1.79. The molecule has 1 atom stereocenters. The molecule has 0 spiro atoms. The fourth-order valence-electron chi connectivity index (χ4n) is 2.53. The first kappa shape index (κ1) is 13.1. The molecular formula is C16H19N3O. The van der Waals surface area contributed by atoms with Crippen molar-refractivity contribution in [2.75, 3.05) is 13.1 Å². The fraction of sp³-hybridized carbons (Fsp3) is 0.375. The number of pyridine rings is 1. The SMILES string of the molecule is CC(C(=O)NCc1cccc2cccnc12)C1CNC1. The number of benzene rings is 1. The highest BCUT2D eigenvalue weighted by atomic mass is 16.1. The van der Waals surface area contributed by atoms with Gasteiger partial charge in [-0.3, -0.25) is 9.78 Å². The third-order valence-electron chi connectivity index (χ3n) is 4.10. The minimum atomic E-state index is 0.0687. The van der Waals surface area contributed by atoms with E-state index in [0.29, 0.717) is 12.5 Å². The molecule has 4 heteroatoms. The van der Waals surface area contributed by atoms with Crippen molar-refractivity contribution in [1.82, 2.24) is 15.6 Å². The molecule has 1 aliphatic heterocycles. The molecule has 20 heavy (non-hydrogen) atoms. The van der Waals surface area contributed by atoms with Crippen LogP contribution in [0.1, 0.15) is 12.5 Å². The Kier molecular flexibility index (Phi) is 3.65. The van der Waals surface area contributed by atoms with Gasteiger partial charge in [0.05, 0.1) is 5.52 Å². The van der Waals surface area contributed by atoms with Crippen molar-refractivity contribution in [3.05, 3.63) is 42.1 Å². The Morgan fingerprint density at radius 3 is 2.95 bits per heavy atom. The van der Waals surface area contributed by atoms with E-state index in [2.05, 4.69) is 15.6 Å². The number of para-hydroxylation sites is 1. The van der Waals surface area contributed by atoms with E-state index < -0.39 is 0 Å². The van der Waals surface area contributed by atoms with Gasteiger partial charge in [0.25, 0.3) is 0 Å². The number of amides is 1. The Morgan fingerprint density at radius 1 is 1.40 bits per heavy atom. The average Bonchev–Trinajstić information content (AvgIpc) is 2.42. The summed E-state index contributed by atoms with van der Waals surface area (Å²) >= 11 is 0. The second kappa shape index (κ2) is 5.59. The molecule has 1 amide bonds. The molecule has 2 N–H and O–H groups in total. The van der Waals surface area contributed by atoms with Gasteiger partial charge in [-0.05, 0) is 30.6 Å². The Labute approximate surface area is 118 Å². The summed E-state index contributed by atoms with van der Waals surface area (Å²) < 4.78 is 0. The van der Waals surface area contributed by atoms with Crippen LogP contribution in [0.5, 0.6) is 0 Å². The third kappa shape index (κ3) is 2.51. The quantitative estimate of drug-likeness (QED) is 0.888. The topological polar surface area (TPSA) is 54.0 Å². The third-order valence-corrected chi connectivity index (χ3v) is 4.10. The van der Waals surface area contributed by atoms with Crippen molar-refractivity contribution < 1.29 is 4.79 Å². The second-order valence-corrected chi connectivity index (χ2v) is 5.42. The van der Waals surface area contributed by atoms with E-state index in [0.717, 1.165) is 29.6 Å². The van der Waals surface area contributed by atoms with Crippen molar-refractivity contribution in [2.45, 2.75) is 13.5 Å². The second-order valence-electron chi connectivity index (χ2n) is 5.42. The van der Waals surface area contributed by atoms with E-state index in [1.807, 2.05) is 37.3 Å². The van der Waals surface area contributed by atoms with E-state index in [1.54, 1.807) is 6.20 Å². The lowest BCUT2D eigenvalue weighted by atomic mass is 9.88.